The van der Waals surface area contributed by atoms with Crippen molar-refractivity contribution in [1.82, 2.24) is 4.98 Å². The second-order valence-corrected chi connectivity index (χ2v) is 6.97. The molecule has 0 N–H and O–H groups in total. The van der Waals surface area contributed by atoms with Crippen LogP contribution in [0.2, 0.25) is 0 Å². The third-order valence-corrected chi connectivity index (χ3v) is 4.48. The van der Waals surface area contributed by atoms with E-state index in [1.807, 2.05) is 13.8 Å². The number of hydrogen-bond donors (Lipinski definition) is 0. The van der Waals surface area contributed by atoms with Gasteiger partial charge in [0, 0.05) is 7.05 Å². The molecule has 0 unspecified atom stereocenters. The van der Waals surface area contributed by atoms with Crippen molar-refractivity contribution < 1.29 is 13.2 Å². The van der Waals surface area contributed by atoms with Gasteiger partial charge in [-0.2, -0.15) is 0 Å². The van der Waals surface area contributed by atoms with E-state index in [9.17, 15) is 8.42 Å². The highest BCUT2D eigenvalue weighted by Gasteiger charge is 2.18. The van der Waals surface area contributed by atoms with Gasteiger partial charge in [-0.25, -0.2) is 13.4 Å². The molecule has 0 aliphatic rings. The Hall–Kier alpha value is -0.660. The molecule has 0 aromatic carbocycles. The van der Waals surface area contributed by atoms with Crippen molar-refractivity contribution in [3.8, 4) is 0 Å². The summed E-state index contributed by atoms with van der Waals surface area (Å²) in [6, 6.07) is 3.39. The smallest absolute Gasteiger partial charge is 0.237 e. The van der Waals surface area contributed by atoms with Crippen molar-refractivity contribution in [3.63, 3.8) is 0 Å². The molecule has 5 nitrogen and oxygen atoms in total. The molecule has 0 saturated heterocycles. The van der Waals surface area contributed by atoms with Crippen molar-refractivity contribution in [1.29, 1.82) is 0 Å². The number of rotatable bonds is 6. The van der Waals surface area contributed by atoms with Crippen molar-refractivity contribution in [2.45, 2.75) is 20.0 Å². The Morgan fingerprint density at radius 2 is 2.11 bits per heavy atom. The number of sulfonamides is 1. The lowest BCUT2D eigenvalue weighted by molar-refractivity contribution is 0.0912. The molecule has 0 fully saturated rings. The molecule has 102 valence electrons. The molecule has 7 heteroatoms. The molecule has 1 aromatic heterocycles. The van der Waals surface area contributed by atoms with Crippen LogP contribution in [0.25, 0.3) is 0 Å². The van der Waals surface area contributed by atoms with E-state index in [-0.39, 0.29) is 18.5 Å². The minimum absolute atomic E-state index is 0.0276. The van der Waals surface area contributed by atoms with Crippen LogP contribution in [0.15, 0.2) is 22.9 Å². The van der Waals surface area contributed by atoms with Crippen molar-refractivity contribution in [3.05, 3.63) is 22.9 Å². The van der Waals surface area contributed by atoms with Crippen LogP contribution in [0, 0.1) is 0 Å². The summed E-state index contributed by atoms with van der Waals surface area (Å²) in [5.74, 6) is -0.0439. The largest absolute Gasteiger partial charge is 0.378 e. The highest BCUT2D eigenvalue weighted by molar-refractivity contribution is 9.10. The highest BCUT2D eigenvalue weighted by Crippen LogP contribution is 2.17. The summed E-state index contributed by atoms with van der Waals surface area (Å²) in [5, 5.41) is 0. The third kappa shape index (κ3) is 4.55. The molecule has 0 spiro atoms. The highest BCUT2D eigenvalue weighted by atomic mass is 79.9. The van der Waals surface area contributed by atoms with Crippen LogP contribution in [-0.4, -0.2) is 38.9 Å². The van der Waals surface area contributed by atoms with Crippen LogP contribution in [-0.2, 0) is 14.8 Å². The monoisotopic (exact) mass is 336 g/mol. The van der Waals surface area contributed by atoms with Crippen LogP contribution in [0.5, 0.6) is 0 Å². The zero-order chi connectivity index (χ0) is 13.8. The van der Waals surface area contributed by atoms with Crippen molar-refractivity contribution in [2.75, 3.05) is 23.7 Å². The van der Waals surface area contributed by atoms with E-state index in [0.29, 0.717) is 10.3 Å². The molecule has 0 amide bonds. The number of pyridine rings is 1. The zero-order valence-electron chi connectivity index (χ0n) is 10.6. The normalized spacial score (nSPS) is 11.8. The second kappa shape index (κ2) is 6.49. The minimum Gasteiger partial charge on any atom is -0.378 e. The maximum absolute atomic E-state index is 12.0. The summed E-state index contributed by atoms with van der Waals surface area (Å²) in [7, 11) is -1.86. The maximum atomic E-state index is 12.0. The van der Waals surface area contributed by atoms with Gasteiger partial charge < -0.3 is 4.74 Å². The summed E-state index contributed by atoms with van der Waals surface area (Å²) in [4.78, 5) is 4.00. The van der Waals surface area contributed by atoms with Gasteiger partial charge in [0.2, 0.25) is 10.0 Å². The third-order valence-electron chi connectivity index (χ3n) is 2.29. The topological polar surface area (TPSA) is 59.5 Å². The fourth-order valence-corrected chi connectivity index (χ4v) is 2.49. The Bertz CT molecular complexity index is 474. The van der Waals surface area contributed by atoms with Crippen LogP contribution in [0.4, 0.5) is 5.69 Å². The average molecular weight is 337 g/mol. The molecule has 0 bridgehead atoms. The number of halogens is 1. The molecule has 0 atom stereocenters. The van der Waals surface area contributed by atoms with Gasteiger partial charge in [-0.1, -0.05) is 0 Å². The van der Waals surface area contributed by atoms with Gasteiger partial charge in [0.25, 0.3) is 0 Å². The Morgan fingerprint density at radius 3 is 2.61 bits per heavy atom. The van der Waals surface area contributed by atoms with Crippen LogP contribution in [0.1, 0.15) is 13.8 Å². The SMILES string of the molecule is CC(C)OCCS(=O)(=O)N(C)c1ccc(Br)nc1. The van der Waals surface area contributed by atoms with Crippen LogP contribution in [0.3, 0.4) is 0 Å². The van der Waals surface area contributed by atoms with E-state index in [2.05, 4.69) is 20.9 Å². The molecular weight excluding hydrogens is 320 g/mol. The Kier molecular flexibility index (Phi) is 5.55. The second-order valence-electron chi connectivity index (χ2n) is 4.04. The first kappa shape index (κ1) is 15.4. The van der Waals surface area contributed by atoms with E-state index >= 15 is 0 Å². The van der Waals surface area contributed by atoms with Crippen molar-refractivity contribution >= 4 is 31.6 Å². The zero-order valence-corrected chi connectivity index (χ0v) is 13.0. The number of hydrogen-bond acceptors (Lipinski definition) is 4. The quantitative estimate of drug-likeness (QED) is 0.746. The van der Waals surface area contributed by atoms with Crippen LogP contribution < -0.4 is 4.31 Å². The summed E-state index contributed by atoms with van der Waals surface area (Å²) in [5.41, 5.74) is 0.530. The predicted octanol–water partition coefficient (Wildman–Crippen LogP) is 2.04. The Morgan fingerprint density at radius 1 is 1.44 bits per heavy atom. The van der Waals surface area contributed by atoms with Gasteiger partial charge >= 0.3 is 0 Å². The van der Waals surface area contributed by atoms with Gasteiger partial charge in [-0.05, 0) is 41.9 Å². The van der Waals surface area contributed by atoms with Gasteiger partial charge in [0.15, 0.2) is 0 Å². The number of aromatic nitrogens is 1. The Balaban J connectivity index is 2.69. The molecule has 0 aliphatic heterocycles. The summed E-state index contributed by atoms with van der Waals surface area (Å²) >= 11 is 3.20. The Labute approximate surface area is 116 Å². The molecule has 0 aliphatic carbocycles. The first-order valence-electron chi connectivity index (χ1n) is 5.52. The summed E-state index contributed by atoms with van der Waals surface area (Å²) < 4.78 is 31.1. The van der Waals surface area contributed by atoms with E-state index < -0.39 is 10.0 Å². The van der Waals surface area contributed by atoms with E-state index in [0.717, 1.165) is 0 Å². The predicted molar refractivity (Wildman–Crippen MR) is 75.2 cm³/mol. The summed E-state index contributed by atoms with van der Waals surface area (Å²) in [6.45, 7) is 3.93. The van der Waals surface area contributed by atoms with E-state index in [1.165, 1.54) is 17.5 Å². The summed E-state index contributed by atoms with van der Waals surface area (Å²) in [6.07, 6.45) is 1.53. The lowest BCUT2D eigenvalue weighted by Gasteiger charge is -2.19. The standard InChI is InChI=1S/C11H17BrN2O3S/c1-9(2)17-6-7-18(15,16)14(3)10-4-5-11(12)13-8-10/h4-5,8-9H,6-7H2,1-3H3. The average Bonchev–Trinajstić information content (AvgIpc) is 2.28. The first-order valence-corrected chi connectivity index (χ1v) is 7.93. The lowest BCUT2D eigenvalue weighted by atomic mass is 10.4. The van der Waals surface area contributed by atoms with Gasteiger partial charge in [0.1, 0.15) is 4.60 Å². The number of anilines is 1. The maximum Gasteiger partial charge on any atom is 0.237 e. The minimum atomic E-state index is -3.37. The molecule has 0 saturated carbocycles. The molecule has 1 aromatic rings. The van der Waals surface area contributed by atoms with E-state index in [4.69, 9.17) is 4.74 Å². The number of ether oxygens (including phenoxy) is 1. The van der Waals surface area contributed by atoms with Crippen molar-refractivity contribution in [2.24, 2.45) is 0 Å². The van der Waals surface area contributed by atoms with Gasteiger partial charge in [-0.15, -0.1) is 0 Å². The molecule has 0 radical (unpaired) electrons. The molecule has 18 heavy (non-hydrogen) atoms. The fraction of sp³-hybridized carbons (Fsp3) is 0.545. The van der Waals surface area contributed by atoms with Gasteiger partial charge in [-0.3, -0.25) is 4.31 Å². The van der Waals surface area contributed by atoms with Crippen LogP contribution >= 0.6 is 15.9 Å². The molecule has 1 rings (SSSR count). The van der Waals surface area contributed by atoms with E-state index in [1.54, 1.807) is 12.1 Å². The number of nitrogens with zero attached hydrogens (tertiary/aromatic N) is 2. The molecule has 1 heterocycles. The van der Waals surface area contributed by atoms with Gasteiger partial charge in [0.05, 0.1) is 30.3 Å². The lowest BCUT2D eigenvalue weighted by Crippen LogP contribution is -2.31. The fourth-order valence-electron chi connectivity index (χ4n) is 1.24. The first-order chi connectivity index (χ1) is 8.33. The molecular formula is C11H17BrN2O3S.